The van der Waals surface area contributed by atoms with Gasteiger partial charge in [-0.3, -0.25) is 48.2 Å². The number of carbonyl (C=O) groups excluding carboxylic acids is 8. The molecule has 15 nitrogen and oxygen atoms in total. The summed E-state index contributed by atoms with van der Waals surface area (Å²) in [5.74, 6) is -2.96. The molecule has 0 N–H and O–H groups in total. The van der Waals surface area contributed by atoms with Gasteiger partial charge in [0.15, 0.2) is 0 Å². The van der Waals surface area contributed by atoms with Gasteiger partial charge in [-0.25, -0.2) is 9.80 Å². The summed E-state index contributed by atoms with van der Waals surface area (Å²) in [7, 11) is 2.47. The fourth-order valence-corrected chi connectivity index (χ4v) is 10.2. The van der Waals surface area contributed by atoms with E-state index >= 15 is 0 Å². The molecular formula is C64H44F6N4O11. The summed E-state index contributed by atoms with van der Waals surface area (Å²) in [6.45, 7) is 3.89. The summed E-state index contributed by atoms with van der Waals surface area (Å²) >= 11 is 0. The molecule has 4 aliphatic heterocycles. The fourth-order valence-electron chi connectivity index (χ4n) is 10.2. The minimum Gasteiger partial charge on any atom is -0.457 e. The van der Waals surface area contributed by atoms with Crippen LogP contribution in [0.3, 0.4) is 0 Å². The largest absolute Gasteiger partial charge is 0.457 e. The number of rotatable bonds is 10. The second-order valence-corrected chi connectivity index (χ2v) is 19.8. The van der Waals surface area contributed by atoms with Gasteiger partial charge in [0.25, 0.3) is 47.3 Å². The number of halogens is 6. The van der Waals surface area contributed by atoms with Crippen LogP contribution in [0.25, 0.3) is 0 Å². The molecule has 12 rings (SSSR count). The number of nitrogens with zero attached hydrogens (tertiary/aromatic N) is 4. The van der Waals surface area contributed by atoms with Gasteiger partial charge in [0.2, 0.25) is 5.41 Å². The van der Waals surface area contributed by atoms with Crippen molar-refractivity contribution in [1.29, 1.82) is 0 Å². The van der Waals surface area contributed by atoms with Gasteiger partial charge < -0.3 is 14.2 Å². The Labute approximate surface area is 479 Å². The number of carbonyl (C=O) groups is 8. The lowest BCUT2D eigenvalue weighted by Gasteiger charge is -2.38. The molecule has 8 amide bonds. The van der Waals surface area contributed by atoms with Gasteiger partial charge in [0.05, 0.1) is 55.9 Å². The molecule has 8 aromatic carbocycles. The lowest BCUT2D eigenvalue weighted by molar-refractivity contribution is -0.288. The maximum atomic E-state index is 14.9. The average molecular weight is 1160 g/mol. The first-order valence-electron chi connectivity index (χ1n) is 25.4. The molecule has 4 heterocycles. The van der Waals surface area contributed by atoms with E-state index in [-0.39, 0.29) is 41.3 Å². The number of aryl methyl sites for hydroxylation is 2. The van der Waals surface area contributed by atoms with Crippen LogP contribution in [0.15, 0.2) is 170 Å². The highest BCUT2D eigenvalue weighted by Gasteiger charge is 2.73. The molecule has 0 saturated heterocycles. The van der Waals surface area contributed by atoms with Gasteiger partial charge in [-0.15, -0.1) is 0 Å². The van der Waals surface area contributed by atoms with E-state index < -0.39 is 86.9 Å². The Bertz CT molecular complexity index is 4130. The Hall–Kier alpha value is -10.7. The van der Waals surface area contributed by atoms with Crippen LogP contribution in [0.5, 0.6) is 34.5 Å². The molecule has 0 atom stereocenters. The second-order valence-electron chi connectivity index (χ2n) is 19.8. The van der Waals surface area contributed by atoms with E-state index in [1.165, 1.54) is 55.6 Å². The number of ether oxygens (including phenoxy) is 3. The average Bonchev–Trinajstić information content (AvgIpc) is 1.56. The topological polar surface area (TPSA) is 177 Å². The Morgan fingerprint density at radius 2 is 0.553 bits per heavy atom. The lowest BCUT2D eigenvalue weighted by Crippen LogP contribution is -2.55. The van der Waals surface area contributed by atoms with Gasteiger partial charge in [0.1, 0.15) is 34.5 Å². The number of imide groups is 4. The number of fused-ring (bicyclic) bond motifs is 4. The molecule has 0 radical (unpaired) electrons. The summed E-state index contributed by atoms with van der Waals surface area (Å²) < 4.78 is 107. The van der Waals surface area contributed by atoms with Crippen molar-refractivity contribution in [1.82, 2.24) is 9.80 Å². The van der Waals surface area contributed by atoms with Crippen molar-refractivity contribution in [3.05, 3.63) is 237 Å². The molecule has 0 bridgehead atoms. The summed E-state index contributed by atoms with van der Waals surface area (Å²) in [4.78, 5) is 105. The van der Waals surface area contributed by atoms with Crippen molar-refractivity contribution in [3.8, 4) is 34.5 Å². The molecule has 0 saturated carbocycles. The quantitative estimate of drug-likeness (QED) is 0.0940. The number of amides is 8. The predicted octanol–water partition coefficient (Wildman–Crippen LogP) is 13.5. The van der Waals surface area contributed by atoms with Crippen LogP contribution >= 0.6 is 0 Å². The minimum absolute atomic E-state index is 0. The maximum Gasteiger partial charge on any atom is 0.411 e. The summed E-state index contributed by atoms with van der Waals surface area (Å²) in [5, 5.41) is 0. The Kier molecular flexibility index (Phi) is 14.4. The molecule has 428 valence electrons. The van der Waals surface area contributed by atoms with Crippen molar-refractivity contribution >= 4 is 58.6 Å². The zero-order valence-electron chi connectivity index (χ0n) is 44.2. The number of benzene rings is 8. The third kappa shape index (κ3) is 9.77. The summed E-state index contributed by atoms with van der Waals surface area (Å²) in [6, 6.07) is 39.5. The monoisotopic (exact) mass is 1160 g/mol. The Balaban J connectivity index is 0.000000190. The van der Waals surface area contributed by atoms with Crippen LogP contribution in [-0.4, -0.2) is 83.5 Å². The smallest absolute Gasteiger partial charge is 0.411 e. The summed E-state index contributed by atoms with van der Waals surface area (Å²) in [6.07, 6.45) is -12.1. The first-order chi connectivity index (χ1) is 39.9. The van der Waals surface area contributed by atoms with E-state index in [1.54, 1.807) is 48.5 Å². The molecule has 0 aromatic heterocycles. The van der Waals surface area contributed by atoms with Gasteiger partial charge in [-0.2, -0.15) is 26.3 Å². The zero-order valence-corrected chi connectivity index (χ0v) is 44.2. The van der Waals surface area contributed by atoms with E-state index in [9.17, 15) is 64.7 Å². The van der Waals surface area contributed by atoms with Gasteiger partial charge in [-0.05, 0) is 158 Å². The number of alkyl halides is 6. The van der Waals surface area contributed by atoms with Crippen LogP contribution in [0.4, 0.5) is 37.7 Å². The highest BCUT2D eigenvalue weighted by Crippen LogP contribution is 2.57. The highest BCUT2D eigenvalue weighted by atomic mass is 19.4. The van der Waals surface area contributed by atoms with Gasteiger partial charge in [0, 0.05) is 14.1 Å². The normalized spacial score (nSPS) is 14.5. The second kappa shape index (κ2) is 21.2. The van der Waals surface area contributed by atoms with E-state index in [4.69, 9.17) is 14.2 Å². The number of hydrogen-bond donors (Lipinski definition) is 0. The van der Waals surface area contributed by atoms with E-state index in [1.807, 2.05) is 50.2 Å². The third-order valence-corrected chi connectivity index (χ3v) is 14.6. The van der Waals surface area contributed by atoms with E-state index in [2.05, 4.69) is 0 Å². The van der Waals surface area contributed by atoms with E-state index in [0.29, 0.717) is 79.8 Å². The zero-order chi connectivity index (χ0) is 59.9. The highest BCUT2D eigenvalue weighted by molar-refractivity contribution is 6.35. The van der Waals surface area contributed by atoms with E-state index in [0.717, 1.165) is 40.1 Å². The first kappa shape index (κ1) is 57.5. The summed E-state index contributed by atoms with van der Waals surface area (Å²) in [5.41, 5.74) is -5.99. The first-order valence-corrected chi connectivity index (χ1v) is 25.4. The molecule has 0 aliphatic carbocycles. The molecular weight excluding hydrogens is 1110 g/mol. The van der Waals surface area contributed by atoms with Crippen molar-refractivity contribution < 1.29 is 78.9 Å². The predicted molar refractivity (Wildman–Crippen MR) is 296 cm³/mol. The molecule has 0 spiro atoms. The van der Waals surface area contributed by atoms with Gasteiger partial charge >= 0.3 is 12.4 Å². The molecule has 85 heavy (non-hydrogen) atoms. The minimum atomic E-state index is -6.05. The van der Waals surface area contributed by atoms with Crippen molar-refractivity contribution in [3.63, 3.8) is 0 Å². The van der Waals surface area contributed by atoms with Crippen molar-refractivity contribution in [2.24, 2.45) is 0 Å². The molecule has 0 unspecified atom stereocenters. The van der Waals surface area contributed by atoms with Crippen LogP contribution in [0.2, 0.25) is 0 Å². The molecule has 8 aromatic rings. The van der Waals surface area contributed by atoms with Crippen LogP contribution in [-0.2, 0) is 5.41 Å². The number of anilines is 2. The Morgan fingerprint density at radius 1 is 0.306 bits per heavy atom. The standard InChI is InChI=1S/C33H20F6N2O5.C30H20N2O6.CH4/c1-17-3-9-21(10-4-17)46-22-11-7-20(8-12-22)41-29(44)24-14-6-19(16-26(24)30(41)45)31(32(34,35)36,33(37,38)39)18-5-13-23-25(15-18)28(43)40(2)27(23)42;1-17-3-7-19(8-4-17)37-20-9-5-18(6-10-20)32-29(35)24-14-12-22(16-26(24)30(32)36)38-21-11-13-23-25(15-21)28(34)31(2)27(23)33;/h3-16H,1-2H3;3-16H,1-2H3;1H4. The SMILES string of the molecule is C.Cc1ccc(Oc2ccc(N3C(=O)c4ccc(C(c5ccc6c(c5)C(=O)N(C)C6=O)(C(F)(F)F)C(F)(F)F)cc4C3=O)cc2)cc1.Cc1ccc(Oc2ccc(N3C(=O)c4ccc(Oc5ccc6c(c5)C(=O)N(C)C6=O)cc4C3=O)cc2)cc1. The fraction of sp³-hybridized carbons (Fsp3) is 0.125. The van der Waals surface area contributed by atoms with Crippen molar-refractivity contribution in [2.75, 3.05) is 23.9 Å². The number of hydrogen-bond acceptors (Lipinski definition) is 11. The van der Waals surface area contributed by atoms with Gasteiger partial charge in [-0.1, -0.05) is 55.0 Å². The molecule has 21 heteroatoms. The Morgan fingerprint density at radius 3 is 0.906 bits per heavy atom. The van der Waals surface area contributed by atoms with Crippen molar-refractivity contribution in [2.45, 2.75) is 39.0 Å². The van der Waals surface area contributed by atoms with Crippen LogP contribution in [0.1, 0.15) is 113 Å². The van der Waals surface area contributed by atoms with Crippen LogP contribution in [0, 0.1) is 13.8 Å². The molecule has 0 fully saturated rings. The third-order valence-electron chi connectivity index (χ3n) is 14.6. The van der Waals surface area contributed by atoms with Crippen LogP contribution < -0.4 is 24.0 Å². The lowest BCUT2D eigenvalue weighted by atomic mass is 9.71. The maximum absolute atomic E-state index is 14.9. The molecule has 4 aliphatic rings.